The molecule has 1 aliphatic heterocycles. The molecular formula is C17H20N2. The zero-order chi connectivity index (χ0) is 13.5. The largest absolute Gasteiger partial charge is 0.290 e. The molecule has 2 heterocycles. The molecule has 1 aromatic heterocycles. The van der Waals surface area contributed by atoms with Crippen molar-refractivity contribution in [3.63, 3.8) is 0 Å². The Morgan fingerprint density at radius 3 is 2.68 bits per heavy atom. The van der Waals surface area contributed by atoms with Gasteiger partial charge in [0.25, 0.3) is 0 Å². The number of benzene rings is 1. The maximum Gasteiger partial charge on any atom is 0.0621 e. The second-order valence-electron chi connectivity index (χ2n) is 5.99. The highest BCUT2D eigenvalue weighted by molar-refractivity contribution is 5.40. The first-order valence-electron chi connectivity index (χ1n) is 6.80. The summed E-state index contributed by atoms with van der Waals surface area (Å²) in [5.41, 5.74) is 4.30. The number of hydrogen-bond acceptors (Lipinski definition) is 2. The molecule has 1 atom stereocenters. The van der Waals surface area contributed by atoms with Crippen LogP contribution >= 0.6 is 0 Å². The number of aromatic nitrogens is 1. The van der Waals surface area contributed by atoms with Gasteiger partial charge in [-0.2, -0.15) is 0 Å². The van der Waals surface area contributed by atoms with Crippen molar-refractivity contribution in [1.82, 2.24) is 9.88 Å². The fraction of sp³-hybridized carbons (Fsp3) is 0.353. The molecule has 0 radical (unpaired) electrons. The summed E-state index contributed by atoms with van der Waals surface area (Å²) in [4.78, 5) is 6.75. The van der Waals surface area contributed by atoms with Crippen LogP contribution in [0.5, 0.6) is 0 Å². The Labute approximate surface area is 115 Å². The van der Waals surface area contributed by atoms with Crippen LogP contribution in [0.15, 0.2) is 48.8 Å². The predicted molar refractivity (Wildman–Crippen MR) is 78.1 cm³/mol. The van der Waals surface area contributed by atoms with Gasteiger partial charge >= 0.3 is 0 Å². The van der Waals surface area contributed by atoms with Crippen molar-refractivity contribution in [2.75, 3.05) is 7.05 Å². The summed E-state index contributed by atoms with van der Waals surface area (Å²) in [5, 5.41) is 0. The minimum atomic E-state index is 0.162. The standard InChI is InChI=1S/C17H20N2/c1-17(2)11-13-7-4-5-9-15(13)16(19(17)3)14-8-6-10-18-12-14/h4-10,12,16H,11H2,1-3H3. The van der Waals surface area contributed by atoms with Crippen molar-refractivity contribution in [3.8, 4) is 0 Å². The highest BCUT2D eigenvalue weighted by Gasteiger charge is 2.37. The molecule has 98 valence electrons. The highest BCUT2D eigenvalue weighted by Crippen LogP contribution is 2.40. The van der Waals surface area contributed by atoms with Crippen LogP contribution in [-0.4, -0.2) is 22.5 Å². The number of pyridine rings is 1. The van der Waals surface area contributed by atoms with Crippen molar-refractivity contribution < 1.29 is 0 Å². The van der Waals surface area contributed by atoms with Crippen LogP contribution in [0.4, 0.5) is 0 Å². The van der Waals surface area contributed by atoms with Gasteiger partial charge in [0.05, 0.1) is 6.04 Å². The Morgan fingerprint density at radius 1 is 1.16 bits per heavy atom. The Kier molecular flexibility index (Phi) is 2.90. The number of rotatable bonds is 1. The van der Waals surface area contributed by atoms with Gasteiger partial charge in [0.1, 0.15) is 0 Å². The molecule has 0 bridgehead atoms. The van der Waals surface area contributed by atoms with Gasteiger partial charge in [-0.05, 0) is 50.1 Å². The highest BCUT2D eigenvalue weighted by atomic mass is 15.2. The Bertz CT molecular complexity index is 575. The van der Waals surface area contributed by atoms with E-state index in [0.29, 0.717) is 6.04 Å². The van der Waals surface area contributed by atoms with E-state index in [0.717, 1.165) is 6.42 Å². The molecular weight excluding hydrogens is 232 g/mol. The van der Waals surface area contributed by atoms with Gasteiger partial charge in [-0.1, -0.05) is 30.3 Å². The normalized spacial score (nSPS) is 21.9. The van der Waals surface area contributed by atoms with E-state index in [9.17, 15) is 0 Å². The van der Waals surface area contributed by atoms with Gasteiger partial charge < -0.3 is 0 Å². The minimum Gasteiger partial charge on any atom is -0.290 e. The third kappa shape index (κ3) is 2.06. The fourth-order valence-corrected chi connectivity index (χ4v) is 3.05. The Morgan fingerprint density at radius 2 is 1.95 bits per heavy atom. The monoisotopic (exact) mass is 252 g/mol. The summed E-state index contributed by atoms with van der Waals surface area (Å²) in [6.07, 6.45) is 4.92. The summed E-state index contributed by atoms with van der Waals surface area (Å²) in [7, 11) is 2.22. The molecule has 3 rings (SSSR count). The van der Waals surface area contributed by atoms with Crippen molar-refractivity contribution >= 4 is 0 Å². The Hall–Kier alpha value is -1.67. The third-order valence-corrected chi connectivity index (χ3v) is 4.32. The lowest BCUT2D eigenvalue weighted by atomic mass is 9.80. The van der Waals surface area contributed by atoms with Gasteiger partial charge in [-0.15, -0.1) is 0 Å². The van der Waals surface area contributed by atoms with Crippen LogP contribution in [0.2, 0.25) is 0 Å². The number of nitrogens with zero attached hydrogens (tertiary/aromatic N) is 2. The SMILES string of the molecule is CN1C(c2cccnc2)c2ccccc2CC1(C)C. The predicted octanol–water partition coefficient (Wildman–Crippen LogP) is 3.44. The molecule has 19 heavy (non-hydrogen) atoms. The molecule has 0 spiro atoms. The molecule has 0 saturated heterocycles. The Balaban J connectivity index is 2.16. The maximum absolute atomic E-state index is 4.29. The van der Waals surface area contributed by atoms with Crippen LogP contribution in [-0.2, 0) is 6.42 Å². The first-order chi connectivity index (χ1) is 9.09. The van der Waals surface area contributed by atoms with Gasteiger partial charge in [0.2, 0.25) is 0 Å². The lowest BCUT2D eigenvalue weighted by Gasteiger charge is -2.46. The zero-order valence-corrected chi connectivity index (χ0v) is 11.8. The molecule has 0 saturated carbocycles. The van der Waals surface area contributed by atoms with Crippen molar-refractivity contribution in [1.29, 1.82) is 0 Å². The van der Waals surface area contributed by atoms with E-state index in [1.807, 2.05) is 18.5 Å². The first-order valence-corrected chi connectivity index (χ1v) is 6.80. The second kappa shape index (κ2) is 4.46. The van der Waals surface area contributed by atoms with Gasteiger partial charge in [-0.25, -0.2) is 0 Å². The van der Waals surface area contributed by atoms with E-state index in [2.05, 4.69) is 61.1 Å². The summed E-state index contributed by atoms with van der Waals surface area (Å²) in [6, 6.07) is 13.3. The van der Waals surface area contributed by atoms with E-state index in [1.165, 1.54) is 16.7 Å². The van der Waals surface area contributed by atoms with Gasteiger partial charge in [-0.3, -0.25) is 9.88 Å². The molecule has 0 N–H and O–H groups in total. The fourth-order valence-electron chi connectivity index (χ4n) is 3.05. The lowest BCUT2D eigenvalue weighted by Crippen LogP contribution is -2.49. The number of fused-ring (bicyclic) bond motifs is 1. The molecule has 1 unspecified atom stereocenters. The number of likely N-dealkylation sites (N-methyl/N-ethyl adjacent to an activating group) is 1. The zero-order valence-electron chi connectivity index (χ0n) is 11.8. The van der Waals surface area contributed by atoms with Gasteiger partial charge in [0, 0.05) is 17.9 Å². The quantitative estimate of drug-likeness (QED) is 0.773. The molecule has 0 fully saturated rings. The average molecular weight is 252 g/mol. The second-order valence-corrected chi connectivity index (χ2v) is 5.99. The van der Waals surface area contributed by atoms with Crippen molar-refractivity contribution in [2.45, 2.75) is 31.8 Å². The van der Waals surface area contributed by atoms with Crippen LogP contribution < -0.4 is 0 Å². The molecule has 2 heteroatoms. The molecule has 0 aliphatic carbocycles. The maximum atomic E-state index is 4.29. The smallest absolute Gasteiger partial charge is 0.0621 e. The molecule has 2 nitrogen and oxygen atoms in total. The van der Waals surface area contributed by atoms with Crippen molar-refractivity contribution in [3.05, 3.63) is 65.5 Å². The molecule has 1 aliphatic rings. The summed E-state index contributed by atoms with van der Waals surface area (Å²) >= 11 is 0. The van der Waals surface area contributed by atoms with Gasteiger partial charge in [0.15, 0.2) is 0 Å². The van der Waals surface area contributed by atoms with Crippen LogP contribution in [0.3, 0.4) is 0 Å². The summed E-state index contributed by atoms with van der Waals surface area (Å²) in [5.74, 6) is 0. The molecule has 2 aromatic rings. The topological polar surface area (TPSA) is 16.1 Å². The van der Waals surface area contributed by atoms with E-state index < -0.39 is 0 Å². The summed E-state index contributed by atoms with van der Waals surface area (Å²) < 4.78 is 0. The molecule has 1 aromatic carbocycles. The summed E-state index contributed by atoms with van der Waals surface area (Å²) in [6.45, 7) is 4.62. The third-order valence-electron chi connectivity index (χ3n) is 4.32. The lowest BCUT2D eigenvalue weighted by molar-refractivity contribution is 0.105. The van der Waals surface area contributed by atoms with E-state index in [1.54, 1.807) is 0 Å². The van der Waals surface area contributed by atoms with E-state index in [-0.39, 0.29) is 5.54 Å². The minimum absolute atomic E-state index is 0.162. The first kappa shape index (κ1) is 12.4. The van der Waals surface area contributed by atoms with Crippen LogP contribution in [0.1, 0.15) is 36.6 Å². The van der Waals surface area contributed by atoms with E-state index in [4.69, 9.17) is 0 Å². The average Bonchev–Trinajstić information content (AvgIpc) is 2.41. The van der Waals surface area contributed by atoms with Crippen LogP contribution in [0.25, 0.3) is 0 Å². The van der Waals surface area contributed by atoms with Crippen LogP contribution in [0, 0.1) is 0 Å². The van der Waals surface area contributed by atoms with E-state index >= 15 is 0 Å². The molecule has 0 amide bonds. The van der Waals surface area contributed by atoms with Crippen molar-refractivity contribution in [2.24, 2.45) is 0 Å². The number of hydrogen-bond donors (Lipinski definition) is 0.